The smallest absolute Gasteiger partial charge is 0.132 e. The van der Waals surface area contributed by atoms with Crippen molar-refractivity contribution in [2.45, 2.75) is 39.2 Å². The first-order valence-corrected chi connectivity index (χ1v) is 6.31. The maximum atomic E-state index is 4.72. The van der Waals surface area contributed by atoms with E-state index >= 15 is 0 Å². The molecule has 0 aliphatic carbocycles. The summed E-state index contributed by atoms with van der Waals surface area (Å²) in [6.07, 6.45) is 5.65. The Morgan fingerprint density at radius 2 is 2.24 bits per heavy atom. The molecule has 1 atom stereocenters. The van der Waals surface area contributed by atoms with Crippen molar-refractivity contribution in [1.82, 2.24) is 19.7 Å². The lowest BCUT2D eigenvalue weighted by molar-refractivity contribution is 0.393. The molecule has 0 radical (unpaired) electrons. The van der Waals surface area contributed by atoms with Gasteiger partial charge in [0.2, 0.25) is 0 Å². The Balaban J connectivity index is 2.15. The molecule has 3 rings (SSSR count). The third-order valence-electron chi connectivity index (χ3n) is 3.46. The van der Waals surface area contributed by atoms with Crippen molar-refractivity contribution in [3.8, 4) is 0 Å². The zero-order valence-corrected chi connectivity index (χ0v) is 10.4. The summed E-state index contributed by atoms with van der Waals surface area (Å²) in [4.78, 5) is 9.11. The molecule has 1 N–H and O–H groups in total. The molecule has 90 valence electrons. The maximum Gasteiger partial charge on any atom is 0.132 e. The molecular formula is C13H18N4. The van der Waals surface area contributed by atoms with Gasteiger partial charge in [-0.05, 0) is 39.3 Å². The molecule has 0 aromatic carbocycles. The van der Waals surface area contributed by atoms with Gasteiger partial charge in [-0.25, -0.2) is 9.97 Å². The van der Waals surface area contributed by atoms with E-state index in [0.717, 1.165) is 29.4 Å². The SMILES string of the molecule is Cc1cc2cnc(C)n2c([C@H]2CCCCN2)n1. The van der Waals surface area contributed by atoms with Crippen molar-refractivity contribution < 1.29 is 0 Å². The van der Waals surface area contributed by atoms with Crippen LogP contribution in [-0.2, 0) is 0 Å². The van der Waals surface area contributed by atoms with Crippen LogP contribution < -0.4 is 5.32 Å². The lowest BCUT2D eigenvalue weighted by atomic mass is 10.0. The summed E-state index contributed by atoms with van der Waals surface area (Å²) in [6, 6.07) is 2.46. The Hall–Kier alpha value is -1.42. The van der Waals surface area contributed by atoms with E-state index in [1.54, 1.807) is 0 Å². The maximum absolute atomic E-state index is 4.72. The number of fused-ring (bicyclic) bond motifs is 1. The summed E-state index contributed by atoms with van der Waals surface area (Å²) in [5.41, 5.74) is 2.22. The molecule has 1 aliphatic heterocycles. The van der Waals surface area contributed by atoms with Gasteiger partial charge >= 0.3 is 0 Å². The monoisotopic (exact) mass is 230 g/mol. The highest BCUT2D eigenvalue weighted by atomic mass is 15.1. The zero-order valence-electron chi connectivity index (χ0n) is 10.4. The van der Waals surface area contributed by atoms with E-state index in [2.05, 4.69) is 27.7 Å². The minimum atomic E-state index is 0.374. The molecule has 2 aromatic rings. The van der Waals surface area contributed by atoms with Crippen LogP contribution >= 0.6 is 0 Å². The molecule has 0 amide bonds. The Morgan fingerprint density at radius 1 is 1.35 bits per heavy atom. The Bertz CT molecular complexity index is 538. The van der Waals surface area contributed by atoms with E-state index in [-0.39, 0.29) is 0 Å². The van der Waals surface area contributed by atoms with Crippen molar-refractivity contribution in [3.63, 3.8) is 0 Å². The molecule has 3 heterocycles. The molecule has 0 spiro atoms. The minimum Gasteiger partial charge on any atom is -0.307 e. The van der Waals surface area contributed by atoms with Crippen LogP contribution in [0.2, 0.25) is 0 Å². The highest BCUT2D eigenvalue weighted by molar-refractivity contribution is 5.47. The van der Waals surface area contributed by atoms with E-state index in [9.17, 15) is 0 Å². The fourth-order valence-electron chi connectivity index (χ4n) is 2.64. The van der Waals surface area contributed by atoms with Crippen LogP contribution in [0.4, 0.5) is 0 Å². The highest BCUT2D eigenvalue weighted by Crippen LogP contribution is 2.23. The number of piperidine rings is 1. The third-order valence-corrected chi connectivity index (χ3v) is 3.46. The van der Waals surface area contributed by atoms with E-state index in [4.69, 9.17) is 4.98 Å². The number of nitrogens with zero attached hydrogens (tertiary/aromatic N) is 3. The zero-order chi connectivity index (χ0) is 11.8. The average molecular weight is 230 g/mol. The number of rotatable bonds is 1. The van der Waals surface area contributed by atoms with Gasteiger partial charge in [-0.2, -0.15) is 0 Å². The first kappa shape index (κ1) is 10.7. The van der Waals surface area contributed by atoms with Gasteiger partial charge in [0.15, 0.2) is 0 Å². The van der Waals surface area contributed by atoms with Crippen LogP contribution in [0.15, 0.2) is 12.3 Å². The Morgan fingerprint density at radius 3 is 3.00 bits per heavy atom. The van der Waals surface area contributed by atoms with Gasteiger partial charge in [-0.15, -0.1) is 0 Å². The predicted octanol–water partition coefficient (Wildman–Crippen LogP) is 2.16. The first-order chi connectivity index (χ1) is 8.25. The van der Waals surface area contributed by atoms with Gasteiger partial charge in [0.25, 0.3) is 0 Å². The minimum absolute atomic E-state index is 0.374. The summed E-state index contributed by atoms with van der Waals surface area (Å²) >= 11 is 0. The number of aromatic nitrogens is 3. The molecule has 17 heavy (non-hydrogen) atoms. The second kappa shape index (κ2) is 4.11. The van der Waals surface area contributed by atoms with Gasteiger partial charge in [0.05, 0.1) is 17.8 Å². The van der Waals surface area contributed by atoms with Crippen molar-refractivity contribution in [2.75, 3.05) is 6.54 Å². The molecule has 4 nitrogen and oxygen atoms in total. The van der Waals surface area contributed by atoms with Crippen molar-refractivity contribution >= 4 is 5.52 Å². The molecule has 0 bridgehead atoms. The average Bonchev–Trinajstić information content (AvgIpc) is 2.71. The van der Waals surface area contributed by atoms with Gasteiger partial charge in [-0.1, -0.05) is 6.42 Å². The summed E-state index contributed by atoms with van der Waals surface area (Å²) < 4.78 is 2.18. The number of nitrogens with one attached hydrogen (secondary N) is 1. The molecule has 1 fully saturated rings. The summed E-state index contributed by atoms with van der Waals surface area (Å²) in [5, 5.41) is 3.56. The van der Waals surface area contributed by atoms with Crippen LogP contribution in [0.25, 0.3) is 5.52 Å². The fraction of sp³-hybridized carbons (Fsp3) is 0.538. The lowest BCUT2D eigenvalue weighted by Crippen LogP contribution is -2.29. The molecule has 2 aromatic heterocycles. The Labute approximate surface area is 101 Å². The van der Waals surface area contributed by atoms with E-state index in [1.807, 2.05) is 13.1 Å². The quantitative estimate of drug-likeness (QED) is 0.816. The van der Waals surface area contributed by atoms with Crippen molar-refractivity contribution in [3.05, 3.63) is 29.6 Å². The van der Waals surface area contributed by atoms with Crippen molar-refractivity contribution in [1.29, 1.82) is 0 Å². The largest absolute Gasteiger partial charge is 0.307 e. The predicted molar refractivity (Wildman–Crippen MR) is 67.1 cm³/mol. The van der Waals surface area contributed by atoms with Gasteiger partial charge in [0.1, 0.15) is 11.6 Å². The normalized spacial score (nSPS) is 20.9. The first-order valence-electron chi connectivity index (χ1n) is 6.31. The van der Waals surface area contributed by atoms with Crippen LogP contribution in [0.3, 0.4) is 0 Å². The van der Waals surface area contributed by atoms with Gasteiger partial charge in [0, 0.05) is 5.69 Å². The second-order valence-electron chi connectivity index (χ2n) is 4.82. The molecule has 1 saturated heterocycles. The van der Waals surface area contributed by atoms with Crippen LogP contribution in [0, 0.1) is 13.8 Å². The molecule has 0 unspecified atom stereocenters. The number of imidazole rings is 1. The van der Waals surface area contributed by atoms with E-state index in [1.165, 1.54) is 19.3 Å². The number of aryl methyl sites for hydroxylation is 2. The fourth-order valence-corrected chi connectivity index (χ4v) is 2.64. The standard InChI is InChI=1S/C13H18N4/c1-9-7-11-8-15-10(2)17(11)13(16-9)12-5-3-4-6-14-12/h7-8,12,14H,3-6H2,1-2H3/t12-/m1/s1. The topological polar surface area (TPSA) is 42.2 Å². The van der Waals surface area contributed by atoms with Gasteiger partial charge in [-0.3, -0.25) is 4.40 Å². The molecular weight excluding hydrogens is 212 g/mol. The third kappa shape index (κ3) is 1.82. The van der Waals surface area contributed by atoms with Crippen LogP contribution in [-0.4, -0.2) is 20.9 Å². The molecule has 0 saturated carbocycles. The summed E-state index contributed by atoms with van der Waals surface area (Å²) in [6.45, 7) is 5.18. The molecule has 1 aliphatic rings. The summed E-state index contributed by atoms with van der Waals surface area (Å²) in [7, 11) is 0. The van der Waals surface area contributed by atoms with E-state index < -0.39 is 0 Å². The Kier molecular flexibility index (Phi) is 2.59. The van der Waals surface area contributed by atoms with Crippen molar-refractivity contribution in [2.24, 2.45) is 0 Å². The molecule has 4 heteroatoms. The van der Waals surface area contributed by atoms with E-state index in [0.29, 0.717) is 6.04 Å². The highest BCUT2D eigenvalue weighted by Gasteiger charge is 2.20. The number of hydrogen-bond acceptors (Lipinski definition) is 3. The summed E-state index contributed by atoms with van der Waals surface area (Å²) in [5.74, 6) is 2.14. The van der Waals surface area contributed by atoms with Crippen LogP contribution in [0.5, 0.6) is 0 Å². The van der Waals surface area contributed by atoms with Gasteiger partial charge < -0.3 is 5.32 Å². The number of hydrogen-bond donors (Lipinski definition) is 1. The second-order valence-corrected chi connectivity index (χ2v) is 4.82. The van der Waals surface area contributed by atoms with Crippen LogP contribution in [0.1, 0.15) is 42.6 Å². The lowest BCUT2D eigenvalue weighted by Gasteiger charge is -2.24.